The van der Waals surface area contributed by atoms with Gasteiger partial charge in [-0.3, -0.25) is 4.79 Å². The molecule has 5 rings (SSSR count). The summed E-state index contributed by atoms with van der Waals surface area (Å²) in [6, 6.07) is 23.1. The summed E-state index contributed by atoms with van der Waals surface area (Å²) in [5.74, 6) is 0.224. The summed E-state index contributed by atoms with van der Waals surface area (Å²) in [5.41, 5.74) is 2.83. The molecule has 0 atom stereocenters. The topological polar surface area (TPSA) is 68.5 Å². The molecule has 32 heavy (non-hydrogen) atoms. The molecule has 6 heteroatoms. The highest BCUT2D eigenvalue weighted by atomic mass is 32.2. The van der Waals surface area contributed by atoms with Gasteiger partial charge in [0.05, 0.1) is 5.69 Å². The maximum absolute atomic E-state index is 12.5. The number of carbonyl (C=O) groups excluding carboxylic acids is 1. The van der Waals surface area contributed by atoms with E-state index in [1.165, 1.54) is 0 Å². The lowest BCUT2D eigenvalue weighted by Crippen LogP contribution is -2.20. The van der Waals surface area contributed by atoms with Crippen LogP contribution in [0.25, 0.3) is 11.0 Å². The molecule has 1 aromatic heterocycles. The van der Waals surface area contributed by atoms with Gasteiger partial charge in [0.25, 0.3) is 5.91 Å². The van der Waals surface area contributed by atoms with Crippen LogP contribution in [-0.2, 0) is 17.6 Å². The van der Waals surface area contributed by atoms with Gasteiger partial charge in [0, 0.05) is 26.8 Å². The minimum Gasteiger partial charge on any atom is -0.484 e. The number of para-hydroxylation sites is 1. The van der Waals surface area contributed by atoms with E-state index in [-0.39, 0.29) is 18.1 Å². The van der Waals surface area contributed by atoms with Crippen LogP contribution < -0.4 is 15.7 Å². The largest absolute Gasteiger partial charge is 0.484 e. The van der Waals surface area contributed by atoms with E-state index in [4.69, 9.17) is 9.15 Å². The van der Waals surface area contributed by atoms with Crippen LogP contribution in [-0.4, -0.2) is 12.5 Å². The molecular formula is C26H21NO4S. The van der Waals surface area contributed by atoms with Crippen molar-refractivity contribution in [2.45, 2.75) is 29.1 Å². The molecule has 0 fully saturated rings. The van der Waals surface area contributed by atoms with E-state index in [9.17, 15) is 9.59 Å². The first kappa shape index (κ1) is 20.4. The number of rotatable bonds is 6. The molecule has 1 amide bonds. The lowest BCUT2D eigenvalue weighted by atomic mass is 10.1. The van der Waals surface area contributed by atoms with Gasteiger partial charge in [-0.2, -0.15) is 0 Å². The van der Waals surface area contributed by atoms with E-state index >= 15 is 0 Å². The van der Waals surface area contributed by atoms with Crippen LogP contribution in [0.4, 0.5) is 5.69 Å². The third-order valence-corrected chi connectivity index (χ3v) is 6.53. The average Bonchev–Trinajstić information content (AvgIpc) is 3.31. The predicted molar refractivity (Wildman–Crippen MR) is 126 cm³/mol. The normalized spacial score (nSPS) is 12.5. The molecule has 0 bridgehead atoms. The summed E-state index contributed by atoms with van der Waals surface area (Å²) in [6.45, 7) is -0.148. The number of ether oxygens (including phenoxy) is 1. The molecule has 1 N–H and O–H groups in total. The zero-order chi connectivity index (χ0) is 21.9. The summed E-state index contributed by atoms with van der Waals surface area (Å²) in [7, 11) is 0. The average molecular weight is 444 g/mol. The highest BCUT2D eigenvalue weighted by Gasteiger charge is 2.19. The standard InChI is InChI=1S/C26H21NO4S/c28-25(27-22-11-4-5-12-24(22)32-18-7-2-1-3-8-18)16-30-17-13-14-20-19-9-6-10-21(19)26(29)31-23(20)15-17/h1-5,7-8,11-15H,6,9-10,16H2,(H,27,28). The lowest BCUT2D eigenvalue weighted by Gasteiger charge is -2.12. The van der Waals surface area contributed by atoms with E-state index < -0.39 is 0 Å². The maximum atomic E-state index is 12.5. The molecule has 0 unspecified atom stereocenters. The Kier molecular flexibility index (Phi) is 5.69. The SMILES string of the molecule is O=C(COc1ccc2c3c(c(=O)oc2c1)CCC3)Nc1ccccc1Sc1ccccc1. The Labute approximate surface area is 189 Å². The number of benzene rings is 3. The zero-order valence-electron chi connectivity index (χ0n) is 17.3. The highest BCUT2D eigenvalue weighted by Crippen LogP contribution is 2.33. The second-order valence-corrected chi connectivity index (χ2v) is 8.72. The highest BCUT2D eigenvalue weighted by molar-refractivity contribution is 7.99. The third kappa shape index (κ3) is 4.27. The second kappa shape index (κ2) is 8.93. The summed E-state index contributed by atoms with van der Waals surface area (Å²) < 4.78 is 11.2. The maximum Gasteiger partial charge on any atom is 0.339 e. The van der Waals surface area contributed by atoms with Gasteiger partial charge in [-0.1, -0.05) is 42.1 Å². The molecule has 4 aromatic rings. The van der Waals surface area contributed by atoms with Crippen molar-refractivity contribution in [3.63, 3.8) is 0 Å². The van der Waals surface area contributed by atoms with E-state index in [0.717, 1.165) is 51.3 Å². The molecule has 5 nitrogen and oxygen atoms in total. The lowest BCUT2D eigenvalue weighted by molar-refractivity contribution is -0.118. The molecular weight excluding hydrogens is 422 g/mol. The van der Waals surface area contributed by atoms with Crippen molar-refractivity contribution < 1.29 is 13.9 Å². The van der Waals surface area contributed by atoms with Crippen molar-refractivity contribution in [1.29, 1.82) is 0 Å². The summed E-state index contributed by atoms with van der Waals surface area (Å²) in [4.78, 5) is 26.8. The van der Waals surface area contributed by atoms with Crippen molar-refractivity contribution in [3.8, 4) is 5.75 Å². The minimum atomic E-state index is -0.271. The van der Waals surface area contributed by atoms with Gasteiger partial charge in [-0.15, -0.1) is 0 Å². The van der Waals surface area contributed by atoms with Gasteiger partial charge >= 0.3 is 5.63 Å². The van der Waals surface area contributed by atoms with Gasteiger partial charge in [0.1, 0.15) is 11.3 Å². The smallest absolute Gasteiger partial charge is 0.339 e. The molecule has 1 heterocycles. The molecule has 0 saturated heterocycles. The fraction of sp³-hybridized carbons (Fsp3) is 0.154. The number of hydrogen-bond acceptors (Lipinski definition) is 5. The zero-order valence-corrected chi connectivity index (χ0v) is 18.1. The molecule has 1 aliphatic rings. The van der Waals surface area contributed by atoms with Crippen LogP contribution in [0.3, 0.4) is 0 Å². The number of anilines is 1. The van der Waals surface area contributed by atoms with Gasteiger partial charge in [0.15, 0.2) is 6.61 Å². The van der Waals surface area contributed by atoms with E-state index in [1.807, 2.05) is 66.7 Å². The van der Waals surface area contributed by atoms with Gasteiger partial charge in [0.2, 0.25) is 0 Å². The van der Waals surface area contributed by atoms with Crippen molar-refractivity contribution in [2.24, 2.45) is 0 Å². The number of amides is 1. The monoisotopic (exact) mass is 443 g/mol. The van der Waals surface area contributed by atoms with Crippen LogP contribution in [0.15, 0.2) is 91.8 Å². The Morgan fingerprint density at radius 1 is 0.969 bits per heavy atom. The van der Waals surface area contributed by atoms with Crippen LogP contribution >= 0.6 is 11.8 Å². The number of fused-ring (bicyclic) bond motifs is 3. The molecule has 1 aliphatic carbocycles. The first-order valence-electron chi connectivity index (χ1n) is 10.5. The van der Waals surface area contributed by atoms with Crippen molar-refractivity contribution in [2.75, 3.05) is 11.9 Å². The number of nitrogens with one attached hydrogen (secondary N) is 1. The van der Waals surface area contributed by atoms with E-state index in [1.54, 1.807) is 17.8 Å². The van der Waals surface area contributed by atoms with E-state index in [0.29, 0.717) is 11.3 Å². The second-order valence-electron chi connectivity index (χ2n) is 7.61. The fourth-order valence-electron chi connectivity index (χ4n) is 3.96. The molecule has 0 radical (unpaired) electrons. The first-order valence-corrected chi connectivity index (χ1v) is 11.3. The van der Waals surface area contributed by atoms with Crippen LogP contribution in [0.1, 0.15) is 17.5 Å². The van der Waals surface area contributed by atoms with Crippen molar-refractivity contribution in [3.05, 3.63) is 94.3 Å². The van der Waals surface area contributed by atoms with Crippen molar-refractivity contribution in [1.82, 2.24) is 0 Å². The fourth-order valence-corrected chi connectivity index (χ4v) is 4.89. The summed E-state index contributed by atoms with van der Waals surface area (Å²) >= 11 is 1.59. The Hall–Kier alpha value is -3.51. The molecule has 0 spiro atoms. The van der Waals surface area contributed by atoms with Crippen LogP contribution in [0.2, 0.25) is 0 Å². The molecule has 0 aliphatic heterocycles. The molecule has 160 valence electrons. The van der Waals surface area contributed by atoms with Gasteiger partial charge in [-0.05, 0) is 61.2 Å². The third-order valence-electron chi connectivity index (χ3n) is 5.45. The van der Waals surface area contributed by atoms with Gasteiger partial charge in [-0.25, -0.2) is 4.79 Å². The Morgan fingerprint density at radius 2 is 1.75 bits per heavy atom. The Morgan fingerprint density at radius 3 is 2.62 bits per heavy atom. The van der Waals surface area contributed by atoms with Crippen LogP contribution in [0.5, 0.6) is 5.75 Å². The van der Waals surface area contributed by atoms with Crippen molar-refractivity contribution >= 4 is 34.3 Å². The number of hydrogen-bond donors (Lipinski definition) is 1. The minimum absolute atomic E-state index is 0.148. The quantitative estimate of drug-likeness (QED) is 0.401. The number of carbonyl (C=O) groups is 1. The summed E-state index contributed by atoms with van der Waals surface area (Å²) in [6.07, 6.45) is 2.64. The Balaban J connectivity index is 1.27. The molecule has 3 aromatic carbocycles. The number of aryl methyl sites for hydroxylation is 1. The van der Waals surface area contributed by atoms with Gasteiger partial charge < -0.3 is 14.5 Å². The summed E-state index contributed by atoms with van der Waals surface area (Å²) in [5, 5.41) is 3.87. The predicted octanol–water partition coefficient (Wildman–Crippen LogP) is 5.45. The first-order chi connectivity index (χ1) is 15.7. The van der Waals surface area contributed by atoms with E-state index in [2.05, 4.69) is 5.32 Å². The molecule has 0 saturated carbocycles. The van der Waals surface area contributed by atoms with Crippen LogP contribution in [0, 0.1) is 0 Å². The Bertz CT molecular complexity index is 1350.